The zero-order valence-electron chi connectivity index (χ0n) is 12.9. The van der Waals surface area contributed by atoms with Gasteiger partial charge in [-0.25, -0.2) is 17.2 Å². The van der Waals surface area contributed by atoms with Crippen LogP contribution >= 0.6 is 0 Å². The Hall–Kier alpha value is -2.94. The number of hydrogen-bond acceptors (Lipinski definition) is 5. The lowest BCUT2D eigenvalue weighted by Gasteiger charge is -2.06. The molecule has 0 saturated carbocycles. The van der Waals surface area contributed by atoms with Gasteiger partial charge in [0.15, 0.2) is 16.5 Å². The maximum Gasteiger partial charge on any atom is 0.269 e. The van der Waals surface area contributed by atoms with E-state index in [-0.39, 0.29) is 11.6 Å². The van der Waals surface area contributed by atoms with Crippen LogP contribution in [0.15, 0.2) is 57.9 Å². The Morgan fingerprint density at radius 3 is 2.44 bits per heavy atom. The first-order valence-electron chi connectivity index (χ1n) is 6.99. The topological polar surface area (TPSA) is 81.4 Å². The molecule has 0 fully saturated rings. The molecular weight excluding hydrogens is 354 g/mol. The van der Waals surface area contributed by atoms with Crippen molar-refractivity contribution < 1.29 is 26.5 Å². The average Bonchev–Trinajstić information content (AvgIpc) is 3.02. The van der Waals surface area contributed by atoms with Crippen molar-refractivity contribution in [3.05, 3.63) is 60.2 Å². The van der Waals surface area contributed by atoms with Crippen molar-refractivity contribution in [2.75, 3.05) is 11.8 Å². The minimum absolute atomic E-state index is 0.219. The highest BCUT2D eigenvalue weighted by Crippen LogP contribution is 2.31. The second-order valence-corrected chi connectivity index (χ2v) is 6.55. The number of para-hydroxylation sites is 1. The highest BCUT2D eigenvalue weighted by atomic mass is 32.2. The van der Waals surface area contributed by atoms with E-state index in [2.05, 4.69) is 5.16 Å². The number of hydrogen-bond donors (Lipinski definition) is 1. The fourth-order valence-electron chi connectivity index (χ4n) is 2.23. The third kappa shape index (κ3) is 3.31. The number of sulfonamides is 1. The van der Waals surface area contributed by atoms with E-state index in [1.165, 1.54) is 13.2 Å². The maximum absolute atomic E-state index is 13.7. The lowest BCUT2D eigenvalue weighted by atomic mass is 10.1. The molecule has 0 saturated heterocycles. The SMILES string of the molecule is COc1ccccc1-c1cc(NS(=O)(=O)c2c(F)cccc2F)no1. The molecule has 25 heavy (non-hydrogen) atoms. The van der Waals surface area contributed by atoms with Crippen LogP contribution < -0.4 is 9.46 Å². The second kappa shape index (κ2) is 6.52. The van der Waals surface area contributed by atoms with Crippen LogP contribution in [0.1, 0.15) is 0 Å². The summed E-state index contributed by atoms with van der Waals surface area (Å²) in [7, 11) is -3.04. The molecule has 1 N–H and O–H groups in total. The first-order chi connectivity index (χ1) is 11.9. The van der Waals surface area contributed by atoms with Gasteiger partial charge >= 0.3 is 0 Å². The molecule has 9 heteroatoms. The van der Waals surface area contributed by atoms with Crippen molar-refractivity contribution in [1.82, 2.24) is 5.16 Å². The third-order valence-electron chi connectivity index (χ3n) is 3.31. The molecule has 0 bridgehead atoms. The number of ether oxygens (including phenoxy) is 1. The predicted octanol–water partition coefficient (Wildman–Crippen LogP) is 3.43. The molecule has 1 aromatic heterocycles. The highest BCUT2D eigenvalue weighted by Gasteiger charge is 2.25. The number of nitrogens with one attached hydrogen (secondary N) is 1. The molecule has 6 nitrogen and oxygen atoms in total. The quantitative estimate of drug-likeness (QED) is 0.748. The van der Waals surface area contributed by atoms with Crippen LogP contribution in [-0.4, -0.2) is 20.7 Å². The first kappa shape index (κ1) is 16.9. The van der Waals surface area contributed by atoms with Crippen LogP contribution in [0, 0.1) is 11.6 Å². The summed E-state index contributed by atoms with van der Waals surface area (Å²) in [5.74, 6) is -1.91. The molecular formula is C16H12F2N2O4S. The Morgan fingerprint density at radius 1 is 1.08 bits per heavy atom. The van der Waals surface area contributed by atoms with Gasteiger partial charge in [-0.15, -0.1) is 0 Å². The van der Waals surface area contributed by atoms with E-state index in [1.807, 2.05) is 4.72 Å². The van der Waals surface area contributed by atoms with Crippen molar-refractivity contribution in [3.63, 3.8) is 0 Å². The molecule has 0 radical (unpaired) electrons. The van der Waals surface area contributed by atoms with Crippen molar-refractivity contribution >= 4 is 15.8 Å². The molecule has 0 amide bonds. The summed E-state index contributed by atoms with van der Waals surface area (Å²) < 4.78 is 64.1. The maximum atomic E-state index is 13.7. The Bertz CT molecular complexity index is 998. The van der Waals surface area contributed by atoms with Gasteiger partial charge in [0.25, 0.3) is 10.0 Å². The van der Waals surface area contributed by atoms with E-state index in [0.29, 0.717) is 11.3 Å². The number of methoxy groups -OCH3 is 1. The van der Waals surface area contributed by atoms with Crippen molar-refractivity contribution in [2.45, 2.75) is 4.90 Å². The largest absolute Gasteiger partial charge is 0.496 e. The lowest BCUT2D eigenvalue weighted by Crippen LogP contribution is -2.16. The lowest BCUT2D eigenvalue weighted by molar-refractivity contribution is 0.407. The molecule has 0 spiro atoms. The zero-order chi connectivity index (χ0) is 18.0. The molecule has 3 rings (SSSR count). The number of anilines is 1. The highest BCUT2D eigenvalue weighted by molar-refractivity contribution is 7.92. The van der Waals surface area contributed by atoms with Gasteiger partial charge in [0.1, 0.15) is 17.4 Å². The van der Waals surface area contributed by atoms with E-state index < -0.39 is 26.6 Å². The number of aromatic nitrogens is 1. The minimum atomic E-state index is -4.51. The van der Waals surface area contributed by atoms with Crippen molar-refractivity contribution in [2.24, 2.45) is 0 Å². The van der Waals surface area contributed by atoms with Gasteiger partial charge in [-0.1, -0.05) is 23.4 Å². The fourth-order valence-corrected chi connectivity index (χ4v) is 3.35. The van der Waals surface area contributed by atoms with E-state index in [9.17, 15) is 17.2 Å². The van der Waals surface area contributed by atoms with Crippen molar-refractivity contribution in [3.8, 4) is 17.1 Å². The van der Waals surface area contributed by atoms with Gasteiger partial charge < -0.3 is 9.26 Å². The number of halogens is 2. The number of nitrogens with zero attached hydrogens (tertiary/aromatic N) is 1. The molecule has 3 aromatic rings. The summed E-state index contributed by atoms with van der Waals surface area (Å²) in [6, 6.07) is 10.9. The summed E-state index contributed by atoms with van der Waals surface area (Å²) in [5.41, 5.74) is 0.542. The summed E-state index contributed by atoms with van der Waals surface area (Å²) in [6.07, 6.45) is 0. The summed E-state index contributed by atoms with van der Waals surface area (Å²) in [6.45, 7) is 0. The summed E-state index contributed by atoms with van der Waals surface area (Å²) >= 11 is 0. The van der Waals surface area contributed by atoms with Crippen LogP contribution in [0.5, 0.6) is 5.75 Å². The van der Waals surface area contributed by atoms with Crippen molar-refractivity contribution in [1.29, 1.82) is 0 Å². The Morgan fingerprint density at radius 2 is 1.76 bits per heavy atom. The summed E-state index contributed by atoms with van der Waals surface area (Å²) in [4.78, 5) is -1.09. The smallest absolute Gasteiger partial charge is 0.269 e. The van der Waals surface area contributed by atoms with Gasteiger partial charge in [-0.05, 0) is 24.3 Å². The van der Waals surface area contributed by atoms with Gasteiger partial charge in [-0.3, -0.25) is 4.72 Å². The average molecular weight is 366 g/mol. The standard InChI is InChI=1S/C16H12F2N2O4S/c1-23-13-8-3-2-5-10(13)14-9-15(19-24-14)20-25(21,22)16-11(17)6-4-7-12(16)18/h2-9H,1H3,(H,19,20). The van der Waals surface area contributed by atoms with Gasteiger partial charge in [0.05, 0.1) is 12.7 Å². The van der Waals surface area contributed by atoms with Gasteiger partial charge in [0.2, 0.25) is 0 Å². The van der Waals surface area contributed by atoms with E-state index in [0.717, 1.165) is 18.2 Å². The molecule has 0 atom stereocenters. The van der Waals surface area contributed by atoms with E-state index >= 15 is 0 Å². The second-order valence-electron chi connectivity index (χ2n) is 4.93. The predicted molar refractivity (Wildman–Crippen MR) is 85.7 cm³/mol. The first-order valence-corrected chi connectivity index (χ1v) is 8.47. The van der Waals surface area contributed by atoms with Gasteiger partial charge in [0, 0.05) is 6.07 Å². The van der Waals surface area contributed by atoms with Crippen LogP contribution in [0.3, 0.4) is 0 Å². The van der Waals surface area contributed by atoms with Crippen LogP contribution in [0.25, 0.3) is 11.3 Å². The number of benzene rings is 2. The molecule has 0 aliphatic carbocycles. The molecule has 0 aliphatic rings. The van der Waals surface area contributed by atoms with Crippen LogP contribution in [0.2, 0.25) is 0 Å². The van der Waals surface area contributed by atoms with Crippen LogP contribution in [0.4, 0.5) is 14.6 Å². The third-order valence-corrected chi connectivity index (χ3v) is 4.71. The molecule has 0 unspecified atom stereocenters. The summed E-state index contributed by atoms with van der Waals surface area (Å²) in [5, 5.41) is 3.57. The van der Waals surface area contributed by atoms with E-state index in [1.54, 1.807) is 24.3 Å². The Balaban J connectivity index is 1.94. The number of rotatable bonds is 5. The molecule has 2 aromatic carbocycles. The normalized spacial score (nSPS) is 11.3. The zero-order valence-corrected chi connectivity index (χ0v) is 13.7. The molecule has 1 heterocycles. The van der Waals surface area contributed by atoms with Crippen LogP contribution in [-0.2, 0) is 10.0 Å². The fraction of sp³-hybridized carbons (Fsp3) is 0.0625. The van der Waals surface area contributed by atoms with E-state index in [4.69, 9.17) is 9.26 Å². The Labute approximate surface area is 142 Å². The Kier molecular flexibility index (Phi) is 4.41. The molecule has 0 aliphatic heterocycles. The monoisotopic (exact) mass is 366 g/mol. The molecule has 130 valence electrons. The van der Waals surface area contributed by atoms with Gasteiger partial charge in [-0.2, -0.15) is 0 Å². The minimum Gasteiger partial charge on any atom is -0.496 e.